The van der Waals surface area contributed by atoms with Gasteiger partial charge in [-0.05, 0) is 47.7 Å². The van der Waals surface area contributed by atoms with Crippen molar-refractivity contribution in [2.45, 2.75) is 26.7 Å². The molecule has 0 N–H and O–H groups in total. The highest BCUT2D eigenvalue weighted by Crippen LogP contribution is 2.23. The van der Waals surface area contributed by atoms with Gasteiger partial charge in [-0.15, -0.1) is 0 Å². The summed E-state index contributed by atoms with van der Waals surface area (Å²) in [5.41, 5.74) is 5.19. The molecule has 0 aliphatic rings. The Bertz CT molecular complexity index is 452. The first kappa shape index (κ1) is 10.9. The lowest BCUT2D eigenvalue weighted by molar-refractivity contribution is 0.920. The van der Waals surface area contributed by atoms with Crippen LogP contribution in [0.2, 0.25) is 0 Å². The Balaban J connectivity index is 2.31. The first-order chi connectivity index (χ1) is 7.81. The third-order valence-corrected chi connectivity index (χ3v) is 2.85. The lowest BCUT2D eigenvalue weighted by Gasteiger charge is -2.06. The van der Waals surface area contributed by atoms with Crippen molar-refractivity contribution in [2.24, 2.45) is 0 Å². The summed E-state index contributed by atoms with van der Waals surface area (Å²) >= 11 is 0. The molecule has 0 bridgehead atoms. The summed E-state index contributed by atoms with van der Waals surface area (Å²) in [4.78, 5) is 0. The maximum absolute atomic E-state index is 3.36. The Morgan fingerprint density at radius 1 is 1.06 bits per heavy atom. The number of aryl methyl sites for hydroxylation is 2. The van der Waals surface area contributed by atoms with Gasteiger partial charge in [0.2, 0.25) is 0 Å². The maximum atomic E-state index is 3.36. The predicted molar refractivity (Wildman–Crippen MR) is 69.4 cm³/mol. The van der Waals surface area contributed by atoms with Crippen LogP contribution in [0.15, 0.2) is 42.5 Å². The molecule has 0 spiro atoms. The maximum Gasteiger partial charge on any atom is -0.0143 e. The van der Waals surface area contributed by atoms with Gasteiger partial charge in [-0.25, -0.2) is 0 Å². The predicted octanol–water partition coefficient (Wildman–Crippen LogP) is 4.41. The number of rotatable bonds is 3. The molecule has 0 heteroatoms. The molecular formula is C16H17. The van der Waals surface area contributed by atoms with Gasteiger partial charge >= 0.3 is 0 Å². The molecule has 0 aromatic heterocycles. The number of hydrogen-bond donors (Lipinski definition) is 0. The molecule has 1 radical (unpaired) electrons. The molecule has 0 nitrogen and oxygen atoms in total. The number of benzene rings is 2. The van der Waals surface area contributed by atoms with E-state index in [2.05, 4.69) is 62.4 Å². The smallest absolute Gasteiger partial charge is 0.0143 e. The van der Waals surface area contributed by atoms with Gasteiger partial charge in [0.05, 0.1) is 0 Å². The normalized spacial score (nSPS) is 10.4. The zero-order valence-corrected chi connectivity index (χ0v) is 9.96. The quantitative estimate of drug-likeness (QED) is 0.702. The molecule has 0 saturated carbocycles. The van der Waals surface area contributed by atoms with E-state index in [0.717, 1.165) is 6.42 Å². The average molecular weight is 209 g/mol. The molecule has 0 amide bonds. The minimum Gasteiger partial charge on any atom is -0.0651 e. The zero-order chi connectivity index (χ0) is 11.4. The molecule has 0 heterocycles. The van der Waals surface area contributed by atoms with E-state index in [-0.39, 0.29) is 0 Å². The molecule has 81 valence electrons. The minimum atomic E-state index is 1.12. The van der Waals surface area contributed by atoms with Crippen molar-refractivity contribution in [3.8, 4) is 11.1 Å². The monoisotopic (exact) mass is 209 g/mol. The van der Waals surface area contributed by atoms with Gasteiger partial charge in [-0.1, -0.05) is 49.7 Å². The van der Waals surface area contributed by atoms with Crippen LogP contribution in [-0.2, 0) is 6.42 Å². The molecule has 0 saturated heterocycles. The highest BCUT2D eigenvalue weighted by atomic mass is 14.0. The molecule has 0 fully saturated rings. The highest BCUT2D eigenvalue weighted by Gasteiger charge is 2.00. The second-order valence-corrected chi connectivity index (χ2v) is 4.17. The van der Waals surface area contributed by atoms with Crippen molar-refractivity contribution in [1.29, 1.82) is 0 Å². The summed E-state index contributed by atoms with van der Waals surface area (Å²) in [6, 6.07) is 18.3. The largest absolute Gasteiger partial charge is 0.0651 e. The van der Waals surface area contributed by atoms with Crippen molar-refractivity contribution >= 4 is 0 Å². The fourth-order valence-corrected chi connectivity index (χ4v) is 1.95. The average Bonchev–Trinajstić information content (AvgIpc) is 2.31. The van der Waals surface area contributed by atoms with Crippen molar-refractivity contribution in [1.82, 2.24) is 0 Å². The van der Waals surface area contributed by atoms with Gasteiger partial charge in [-0.3, -0.25) is 0 Å². The summed E-state index contributed by atoms with van der Waals surface area (Å²) in [7, 11) is 0. The molecule has 16 heavy (non-hydrogen) atoms. The summed E-state index contributed by atoms with van der Waals surface area (Å²) < 4.78 is 0. The second kappa shape index (κ2) is 4.98. The SMILES string of the molecule is CCCc1[c]cc(-c2ccccc2C)cc1. The van der Waals surface area contributed by atoms with Crippen LogP contribution in [0.1, 0.15) is 24.5 Å². The molecule has 0 atom stereocenters. The van der Waals surface area contributed by atoms with Crippen LogP contribution in [0.4, 0.5) is 0 Å². The van der Waals surface area contributed by atoms with Crippen LogP contribution in [-0.4, -0.2) is 0 Å². The topological polar surface area (TPSA) is 0 Å². The summed E-state index contributed by atoms with van der Waals surface area (Å²) in [6.07, 6.45) is 2.30. The van der Waals surface area contributed by atoms with Crippen molar-refractivity contribution in [2.75, 3.05) is 0 Å². The van der Waals surface area contributed by atoms with E-state index in [1.165, 1.54) is 28.7 Å². The van der Waals surface area contributed by atoms with E-state index in [1.54, 1.807) is 0 Å². The van der Waals surface area contributed by atoms with E-state index in [1.807, 2.05) is 0 Å². The Morgan fingerprint density at radius 3 is 2.50 bits per heavy atom. The van der Waals surface area contributed by atoms with Crippen LogP contribution in [0.5, 0.6) is 0 Å². The third-order valence-electron chi connectivity index (χ3n) is 2.85. The fourth-order valence-electron chi connectivity index (χ4n) is 1.95. The lowest BCUT2D eigenvalue weighted by Crippen LogP contribution is -1.86. The molecule has 0 unspecified atom stereocenters. The van der Waals surface area contributed by atoms with Crippen molar-refractivity contribution in [3.63, 3.8) is 0 Å². The summed E-state index contributed by atoms with van der Waals surface area (Å²) in [5, 5.41) is 0. The van der Waals surface area contributed by atoms with Crippen LogP contribution < -0.4 is 0 Å². The molecule has 2 aromatic rings. The van der Waals surface area contributed by atoms with Gasteiger partial charge in [0.25, 0.3) is 0 Å². The number of hydrogen-bond acceptors (Lipinski definition) is 0. The third kappa shape index (κ3) is 2.33. The Morgan fingerprint density at radius 2 is 1.88 bits per heavy atom. The summed E-state index contributed by atoms with van der Waals surface area (Å²) in [6.45, 7) is 4.35. The lowest BCUT2D eigenvalue weighted by atomic mass is 9.99. The first-order valence-electron chi connectivity index (χ1n) is 5.88. The van der Waals surface area contributed by atoms with Gasteiger partial charge in [-0.2, -0.15) is 0 Å². The Kier molecular flexibility index (Phi) is 3.40. The Hall–Kier alpha value is -1.56. The standard InChI is InChI=1S/C16H17/c1-3-6-14-9-11-15(12-10-14)16-8-5-4-7-13(16)2/h4-5,7-9,11-12H,3,6H2,1-2H3. The van der Waals surface area contributed by atoms with Gasteiger partial charge < -0.3 is 0 Å². The van der Waals surface area contributed by atoms with E-state index in [4.69, 9.17) is 0 Å². The highest BCUT2D eigenvalue weighted by molar-refractivity contribution is 5.67. The van der Waals surface area contributed by atoms with Gasteiger partial charge in [0, 0.05) is 0 Å². The zero-order valence-electron chi connectivity index (χ0n) is 9.96. The van der Waals surface area contributed by atoms with Crippen molar-refractivity contribution in [3.05, 3.63) is 59.7 Å². The van der Waals surface area contributed by atoms with Gasteiger partial charge in [0.15, 0.2) is 0 Å². The Labute approximate surface area is 97.9 Å². The molecular weight excluding hydrogens is 192 g/mol. The van der Waals surface area contributed by atoms with E-state index in [9.17, 15) is 0 Å². The molecule has 2 rings (SSSR count). The first-order valence-corrected chi connectivity index (χ1v) is 5.88. The van der Waals surface area contributed by atoms with E-state index in [0.29, 0.717) is 0 Å². The molecule has 0 aliphatic heterocycles. The van der Waals surface area contributed by atoms with Crippen molar-refractivity contribution < 1.29 is 0 Å². The van der Waals surface area contributed by atoms with E-state index < -0.39 is 0 Å². The molecule has 2 aromatic carbocycles. The second-order valence-electron chi connectivity index (χ2n) is 4.17. The van der Waals surface area contributed by atoms with Crippen LogP contribution in [0, 0.1) is 13.0 Å². The molecule has 0 aliphatic carbocycles. The van der Waals surface area contributed by atoms with Crippen LogP contribution >= 0.6 is 0 Å². The fraction of sp³-hybridized carbons (Fsp3) is 0.250. The summed E-state index contributed by atoms with van der Waals surface area (Å²) in [5.74, 6) is 0. The van der Waals surface area contributed by atoms with Gasteiger partial charge in [0.1, 0.15) is 0 Å². The van der Waals surface area contributed by atoms with E-state index >= 15 is 0 Å². The minimum absolute atomic E-state index is 1.12. The van der Waals surface area contributed by atoms with Crippen LogP contribution in [0.25, 0.3) is 11.1 Å². The van der Waals surface area contributed by atoms with Crippen LogP contribution in [0.3, 0.4) is 0 Å².